The number of hydrogen-bond acceptors (Lipinski definition) is 2. The van der Waals surface area contributed by atoms with E-state index in [-0.39, 0.29) is 13.1 Å². The highest BCUT2D eigenvalue weighted by Gasteiger charge is 2.32. The van der Waals surface area contributed by atoms with Crippen LogP contribution in [0.4, 0.5) is 23.7 Å². The first kappa shape index (κ1) is 22.3. The van der Waals surface area contributed by atoms with E-state index in [1.165, 1.54) is 6.07 Å². The van der Waals surface area contributed by atoms with Crippen molar-refractivity contribution in [2.24, 2.45) is 0 Å². The van der Waals surface area contributed by atoms with Gasteiger partial charge in [-0.1, -0.05) is 44.2 Å². The smallest absolute Gasteiger partial charge is 0.354 e. The number of rotatable bonds is 6. The van der Waals surface area contributed by atoms with E-state index in [1.807, 2.05) is 13.0 Å². The Kier molecular flexibility index (Phi) is 6.89. The zero-order valence-electron chi connectivity index (χ0n) is 16.5. The summed E-state index contributed by atoms with van der Waals surface area (Å²) in [5, 5.41) is 7.71. The molecule has 0 spiro atoms. The largest absolute Gasteiger partial charge is 0.416 e. The molecule has 0 radical (unpaired) electrons. The van der Waals surface area contributed by atoms with Gasteiger partial charge in [0.1, 0.15) is 0 Å². The average molecular weight is 407 g/mol. The Bertz CT molecular complexity index is 879. The van der Waals surface area contributed by atoms with Crippen LogP contribution in [0, 0.1) is 6.92 Å². The molecular weight excluding hydrogens is 383 g/mol. The molecule has 0 saturated heterocycles. The van der Waals surface area contributed by atoms with Crippen molar-refractivity contribution in [1.82, 2.24) is 10.6 Å². The summed E-state index contributed by atoms with van der Waals surface area (Å²) in [5.74, 6) is -0.440. The van der Waals surface area contributed by atoms with Gasteiger partial charge in [0.05, 0.1) is 12.1 Å². The number of alkyl halides is 3. The molecule has 2 aromatic carbocycles. The van der Waals surface area contributed by atoms with Crippen LogP contribution in [0.1, 0.15) is 30.5 Å². The molecule has 0 unspecified atom stereocenters. The minimum Gasteiger partial charge on any atom is -0.354 e. The van der Waals surface area contributed by atoms with Crippen LogP contribution in [-0.4, -0.2) is 25.0 Å². The van der Waals surface area contributed by atoms with Crippen molar-refractivity contribution >= 4 is 17.6 Å². The standard InChI is InChI=1S/C21H24F3N3O2/c1-14-6-4-9-17(10-14)27-19(29)25-12-18(28)26-13-20(2,3)15-7-5-8-16(11-15)21(22,23)24/h4-11H,12-13H2,1-3H3,(H,26,28)(H2,25,27,29). The first-order chi connectivity index (χ1) is 13.5. The minimum atomic E-state index is -4.43. The van der Waals surface area contributed by atoms with Crippen LogP contribution in [0.2, 0.25) is 0 Å². The van der Waals surface area contributed by atoms with Crippen molar-refractivity contribution < 1.29 is 22.8 Å². The van der Waals surface area contributed by atoms with Crippen LogP contribution >= 0.6 is 0 Å². The van der Waals surface area contributed by atoms with E-state index < -0.39 is 29.1 Å². The molecule has 0 saturated carbocycles. The van der Waals surface area contributed by atoms with Gasteiger partial charge in [0.25, 0.3) is 0 Å². The fourth-order valence-electron chi connectivity index (χ4n) is 2.66. The normalized spacial score (nSPS) is 11.7. The number of halogens is 3. The number of amides is 3. The third-order valence-electron chi connectivity index (χ3n) is 4.38. The van der Waals surface area contributed by atoms with Gasteiger partial charge in [-0.3, -0.25) is 4.79 Å². The second kappa shape index (κ2) is 8.98. The Morgan fingerprint density at radius 2 is 1.59 bits per heavy atom. The molecule has 3 N–H and O–H groups in total. The SMILES string of the molecule is Cc1cccc(NC(=O)NCC(=O)NCC(C)(C)c2cccc(C(F)(F)F)c2)c1. The van der Waals surface area contributed by atoms with Crippen molar-refractivity contribution in [3.05, 3.63) is 65.2 Å². The molecule has 29 heavy (non-hydrogen) atoms. The highest BCUT2D eigenvalue weighted by atomic mass is 19.4. The van der Waals surface area contributed by atoms with Crippen LogP contribution in [0.15, 0.2) is 48.5 Å². The Balaban J connectivity index is 1.85. The molecule has 0 aliphatic heterocycles. The summed E-state index contributed by atoms with van der Waals surface area (Å²) in [7, 11) is 0. The van der Waals surface area contributed by atoms with Gasteiger partial charge >= 0.3 is 12.2 Å². The van der Waals surface area contributed by atoms with E-state index >= 15 is 0 Å². The van der Waals surface area contributed by atoms with Gasteiger partial charge in [-0.15, -0.1) is 0 Å². The third-order valence-corrected chi connectivity index (χ3v) is 4.38. The molecule has 156 valence electrons. The summed E-state index contributed by atoms with van der Waals surface area (Å²) in [6, 6.07) is 11.7. The van der Waals surface area contributed by atoms with Crippen molar-refractivity contribution in [2.45, 2.75) is 32.4 Å². The number of aryl methyl sites for hydroxylation is 1. The lowest BCUT2D eigenvalue weighted by Gasteiger charge is -2.26. The zero-order chi connectivity index (χ0) is 21.7. The molecule has 0 bridgehead atoms. The molecule has 3 amide bonds. The Morgan fingerprint density at radius 3 is 2.24 bits per heavy atom. The van der Waals surface area contributed by atoms with Gasteiger partial charge < -0.3 is 16.0 Å². The summed E-state index contributed by atoms with van der Waals surface area (Å²) in [6.07, 6.45) is -4.43. The predicted molar refractivity (Wildman–Crippen MR) is 106 cm³/mol. The molecule has 0 heterocycles. The molecule has 0 atom stereocenters. The number of hydrogen-bond donors (Lipinski definition) is 3. The van der Waals surface area contributed by atoms with E-state index in [9.17, 15) is 22.8 Å². The van der Waals surface area contributed by atoms with Crippen molar-refractivity contribution in [3.63, 3.8) is 0 Å². The Morgan fingerprint density at radius 1 is 0.931 bits per heavy atom. The summed E-state index contributed by atoms with van der Waals surface area (Å²) in [6.45, 7) is 5.23. The number of carbonyl (C=O) groups is 2. The summed E-state index contributed by atoms with van der Waals surface area (Å²) < 4.78 is 38.7. The molecular formula is C21H24F3N3O2. The lowest BCUT2D eigenvalue weighted by Crippen LogP contribution is -2.43. The van der Waals surface area contributed by atoms with E-state index in [4.69, 9.17) is 0 Å². The second-order valence-corrected chi connectivity index (χ2v) is 7.42. The molecule has 0 aliphatic carbocycles. The summed E-state index contributed by atoms with van der Waals surface area (Å²) in [4.78, 5) is 23.9. The van der Waals surface area contributed by atoms with Crippen LogP contribution in [0.5, 0.6) is 0 Å². The quantitative estimate of drug-likeness (QED) is 0.671. The maximum Gasteiger partial charge on any atom is 0.416 e. The lowest BCUT2D eigenvalue weighted by molar-refractivity contribution is -0.137. The Labute approximate surface area is 167 Å². The van der Waals surface area contributed by atoms with Gasteiger partial charge in [-0.25, -0.2) is 4.79 Å². The van der Waals surface area contributed by atoms with Gasteiger partial charge in [-0.05, 0) is 36.2 Å². The zero-order valence-corrected chi connectivity index (χ0v) is 16.5. The lowest BCUT2D eigenvalue weighted by atomic mass is 9.83. The molecule has 0 aromatic heterocycles. The highest BCUT2D eigenvalue weighted by molar-refractivity contribution is 5.92. The van der Waals surface area contributed by atoms with Crippen LogP contribution in [0.25, 0.3) is 0 Å². The molecule has 2 rings (SSSR count). The average Bonchev–Trinajstić information content (AvgIpc) is 2.64. The number of carbonyl (C=O) groups excluding carboxylic acids is 2. The molecule has 8 heteroatoms. The first-order valence-electron chi connectivity index (χ1n) is 9.03. The van der Waals surface area contributed by atoms with Crippen LogP contribution in [0.3, 0.4) is 0 Å². The van der Waals surface area contributed by atoms with E-state index in [0.29, 0.717) is 11.3 Å². The summed E-state index contributed by atoms with van der Waals surface area (Å²) in [5.41, 5.74) is 0.591. The fourth-order valence-corrected chi connectivity index (χ4v) is 2.66. The highest BCUT2D eigenvalue weighted by Crippen LogP contribution is 2.32. The van der Waals surface area contributed by atoms with E-state index in [0.717, 1.165) is 17.7 Å². The summed E-state index contributed by atoms with van der Waals surface area (Å²) >= 11 is 0. The van der Waals surface area contributed by atoms with Gasteiger partial charge in [0, 0.05) is 17.6 Å². The van der Waals surface area contributed by atoms with Crippen molar-refractivity contribution in [1.29, 1.82) is 0 Å². The van der Waals surface area contributed by atoms with Crippen LogP contribution < -0.4 is 16.0 Å². The minimum absolute atomic E-state index is 0.119. The number of benzene rings is 2. The maximum atomic E-state index is 12.9. The van der Waals surface area contributed by atoms with Gasteiger partial charge in [-0.2, -0.15) is 13.2 Å². The Hall–Kier alpha value is -3.03. The van der Waals surface area contributed by atoms with E-state index in [2.05, 4.69) is 16.0 Å². The van der Waals surface area contributed by atoms with Crippen LogP contribution in [-0.2, 0) is 16.4 Å². The second-order valence-electron chi connectivity index (χ2n) is 7.42. The van der Waals surface area contributed by atoms with Crippen molar-refractivity contribution in [3.8, 4) is 0 Å². The monoisotopic (exact) mass is 407 g/mol. The van der Waals surface area contributed by atoms with Gasteiger partial charge in [0.15, 0.2) is 0 Å². The van der Waals surface area contributed by atoms with E-state index in [1.54, 1.807) is 38.1 Å². The third kappa shape index (κ3) is 6.81. The maximum absolute atomic E-state index is 12.9. The molecule has 2 aromatic rings. The fraction of sp³-hybridized carbons (Fsp3) is 0.333. The topological polar surface area (TPSA) is 70.2 Å². The number of nitrogens with one attached hydrogen (secondary N) is 3. The first-order valence-corrected chi connectivity index (χ1v) is 9.03. The molecule has 0 fully saturated rings. The predicted octanol–water partition coefficient (Wildman–Crippen LogP) is 4.23. The number of anilines is 1. The molecule has 0 aliphatic rings. The van der Waals surface area contributed by atoms with Gasteiger partial charge in [0.2, 0.25) is 5.91 Å². The van der Waals surface area contributed by atoms with Crippen molar-refractivity contribution in [2.75, 3.05) is 18.4 Å². The number of urea groups is 1. The molecule has 5 nitrogen and oxygen atoms in total.